The number of hydrogen-bond donors (Lipinski definition) is 0. The normalized spacial score (nSPS) is 15.3. The van der Waals surface area contributed by atoms with E-state index in [4.69, 9.17) is 0 Å². The Morgan fingerprint density at radius 3 is 2.95 bits per heavy atom. The molecule has 0 radical (unpaired) electrons. The maximum absolute atomic E-state index is 12.0. The Morgan fingerprint density at radius 2 is 2.16 bits per heavy atom. The molecule has 0 fully saturated rings. The van der Waals surface area contributed by atoms with Crippen LogP contribution in [-0.4, -0.2) is 15.3 Å². The highest BCUT2D eigenvalue weighted by atomic mass is 32.1. The number of Topliss-reactive ketones (excluding diaryl/α,β-unsaturated/α-hetero) is 1. The van der Waals surface area contributed by atoms with Crippen molar-refractivity contribution in [1.29, 1.82) is 0 Å². The molecule has 0 amide bonds. The van der Waals surface area contributed by atoms with Gasteiger partial charge in [-0.3, -0.25) is 4.79 Å². The number of fused-ring (bicyclic) bond motifs is 1. The van der Waals surface area contributed by atoms with Crippen LogP contribution < -0.4 is 0 Å². The molecule has 0 N–H and O–H groups in total. The van der Waals surface area contributed by atoms with Crippen LogP contribution in [0, 0.1) is 0 Å². The van der Waals surface area contributed by atoms with E-state index < -0.39 is 0 Å². The van der Waals surface area contributed by atoms with Gasteiger partial charge < -0.3 is 4.57 Å². The molecule has 100 valence electrons. The van der Waals surface area contributed by atoms with E-state index in [1.807, 2.05) is 6.20 Å². The first-order valence-corrected chi connectivity index (χ1v) is 7.79. The van der Waals surface area contributed by atoms with E-state index in [0.717, 1.165) is 43.5 Å². The second-order valence-corrected chi connectivity index (χ2v) is 6.03. The first kappa shape index (κ1) is 12.6. The molecule has 2 aromatic heterocycles. The molecule has 3 nitrogen and oxygen atoms in total. The van der Waals surface area contributed by atoms with Crippen LogP contribution in [0.4, 0.5) is 0 Å². The van der Waals surface area contributed by atoms with E-state index >= 15 is 0 Å². The predicted molar refractivity (Wildman–Crippen MR) is 76.9 cm³/mol. The highest BCUT2D eigenvalue weighted by Gasteiger charge is 2.17. The number of nitrogens with zero attached hydrogens (tertiary/aromatic N) is 2. The van der Waals surface area contributed by atoms with Gasteiger partial charge in [-0.05, 0) is 31.2 Å². The summed E-state index contributed by atoms with van der Waals surface area (Å²) in [4.78, 5) is 16.6. The second kappa shape index (κ2) is 5.29. The van der Waals surface area contributed by atoms with E-state index in [0.29, 0.717) is 12.2 Å². The van der Waals surface area contributed by atoms with E-state index in [-0.39, 0.29) is 0 Å². The van der Waals surface area contributed by atoms with Gasteiger partial charge in [-0.1, -0.05) is 6.92 Å². The van der Waals surface area contributed by atoms with Gasteiger partial charge in [0.1, 0.15) is 0 Å². The molecule has 2 aromatic rings. The Morgan fingerprint density at radius 1 is 1.32 bits per heavy atom. The van der Waals surface area contributed by atoms with E-state index in [9.17, 15) is 4.79 Å². The van der Waals surface area contributed by atoms with Gasteiger partial charge in [-0.2, -0.15) is 0 Å². The quantitative estimate of drug-likeness (QED) is 0.803. The van der Waals surface area contributed by atoms with Crippen molar-refractivity contribution in [3.63, 3.8) is 0 Å². The molecule has 3 rings (SSSR count). The lowest BCUT2D eigenvalue weighted by Crippen LogP contribution is -1.99. The number of ketones is 1. The summed E-state index contributed by atoms with van der Waals surface area (Å²) in [6.07, 6.45) is 9.01. The molecule has 4 heteroatoms. The summed E-state index contributed by atoms with van der Waals surface area (Å²) < 4.78 is 2.11. The van der Waals surface area contributed by atoms with Crippen LogP contribution in [0.25, 0.3) is 0 Å². The lowest BCUT2D eigenvalue weighted by Gasteiger charge is -1.99. The Hall–Kier alpha value is -1.42. The summed E-state index contributed by atoms with van der Waals surface area (Å²) in [6, 6.07) is 0. The smallest absolute Gasteiger partial charge is 0.164 e. The Labute approximate surface area is 117 Å². The maximum Gasteiger partial charge on any atom is 0.164 e. The van der Waals surface area contributed by atoms with Crippen molar-refractivity contribution in [2.75, 3.05) is 0 Å². The summed E-state index contributed by atoms with van der Waals surface area (Å²) in [6.45, 7) is 2.90. The van der Waals surface area contributed by atoms with Crippen LogP contribution in [0.2, 0.25) is 0 Å². The molecule has 1 aliphatic rings. The Kier molecular flexibility index (Phi) is 3.51. The molecular formula is C15H18N2OS. The van der Waals surface area contributed by atoms with Gasteiger partial charge in [0, 0.05) is 29.8 Å². The third kappa shape index (κ3) is 2.63. The molecule has 19 heavy (non-hydrogen) atoms. The number of carbonyl (C=O) groups excluding carboxylic acids is 1. The molecule has 0 unspecified atom stereocenters. The number of aryl methyl sites for hydroxylation is 2. The average Bonchev–Trinajstić information content (AvgIpc) is 2.98. The van der Waals surface area contributed by atoms with Crippen molar-refractivity contribution in [2.45, 2.75) is 45.6 Å². The number of hydrogen-bond acceptors (Lipinski definition) is 3. The van der Waals surface area contributed by atoms with Gasteiger partial charge >= 0.3 is 0 Å². The minimum absolute atomic E-state index is 0.304. The van der Waals surface area contributed by atoms with Crippen molar-refractivity contribution < 1.29 is 4.79 Å². The maximum atomic E-state index is 12.0. The fourth-order valence-corrected chi connectivity index (χ4v) is 3.34. The van der Waals surface area contributed by atoms with Crippen molar-refractivity contribution in [2.24, 2.45) is 0 Å². The topological polar surface area (TPSA) is 34.9 Å². The lowest BCUT2D eigenvalue weighted by atomic mass is 10.1. The SMILES string of the molecule is CCc1nc(Cn2cc3c(c2)C(=O)CCCC3)cs1. The van der Waals surface area contributed by atoms with Crippen LogP contribution in [0.5, 0.6) is 0 Å². The predicted octanol–water partition coefficient (Wildman–Crippen LogP) is 3.46. The fraction of sp³-hybridized carbons (Fsp3) is 0.467. The number of carbonyl (C=O) groups is 1. The fourth-order valence-electron chi connectivity index (χ4n) is 2.60. The summed E-state index contributed by atoms with van der Waals surface area (Å²) in [5.41, 5.74) is 3.25. The Bertz CT molecular complexity index is 597. The van der Waals surface area contributed by atoms with Gasteiger partial charge in [-0.15, -0.1) is 11.3 Å². The third-order valence-corrected chi connectivity index (χ3v) is 4.65. The molecule has 0 aromatic carbocycles. The highest BCUT2D eigenvalue weighted by Crippen LogP contribution is 2.22. The molecule has 0 aliphatic heterocycles. The molecular weight excluding hydrogens is 256 g/mol. The molecule has 0 atom stereocenters. The van der Waals surface area contributed by atoms with Crippen molar-refractivity contribution in [1.82, 2.24) is 9.55 Å². The molecule has 2 heterocycles. The third-order valence-electron chi connectivity index (χ3n) is 3.61. The van der Waals surface area contributed by atoms with Gasteiger partial charge in [0.25, 0.3) is 0 Å². The highest BCUT2D eigenvalue weighted by molar-refractivity contribution is 7.09. The monoisotopic (exact) mass is 274 g/mol. The summed E-state index contributed by atoms with van der Waals surface area (Å²) in [5.74, 6) is 0.304. The van der Waals surface area contributed by atoms with Gasteiger partial charge in [0.05, 0.1) is 17.2 Å². The van der Waals surface area contributed by atoms with E-state index in [1.54, 1.807) is 11.3 Å². The molecule has 0 saturated carbocycles. The molecule has 1 aliphatic carbocycles. The largest absolute Gasteiger partial charge is 0.347 e. The van der Waals surface area contributed by atoms with Crippen LogP contribution in [0.3, 0.4) is 0 Å². The summed E-state index contributed by atoms with van der Waals surface area (Å²) >= 11 is 1.72. The van der Waals surface area contributed by atoms with Crippen LogP contribution in [0.1, 0.15) is 52.8 Å². The van der Waals surface area contributed by atoms with Crippen LogP contribution in [-0.2, 0) is 19.4 Å². The summed E-state index contributed by atoms with van der Waals surface area (Å²) in [7, 11) is 0. The minimum atomic E-state index is 0.304. The lowest BCUT2D eigenvalue weighted by molar-refractivity contribution is 0.0982. The van der Waals surface area contributed by atoms with Crippen molar-refractivity contribution in [3.05, 3.63) is 39.6 Å². The molecule has 0 spiro atoms. The number of thiazole rings is 1. The van der Waals surface area contributed by atoms with Crippen LogP contribution in [0.15, 0.2) is 17.8 Å². The number of rotatable bonds is 3. The van der Waals surface area contributed by atoms with Crippen molar-refractivity contribution >= 4 is 17.1 Å². The average molecular weight is 274 g/mol. The standard InChI is InChI=1S/C15H18N2OS/c1-2-15-16-12(10-19-15)8-17-7-11-5-3-4-6-14(18)13(11)9-17/h7,9-10H,2-6,8H2,1H3. The van der Waals surface area contributed by atoms with Crippen LogP contribution >= 0.6 is 11.3 Å². The van der Waals surface area contributed by atoms with Crippen molar-refractivity contribution in [3.8, 4) is 0 Å². The van der Waals surface area contributed by atoms with E-state index in [1.165, 1.54) is 10.6 Å². The first-order valence-electron chi connectivity index (χ1n) is 6.91. The zero-order valence-electron chi connectivity index (χ0n) is 11.2. The number of aromatic nitrogens is 2. The first-order chi connectivity index (χ1) is 9.26. The van der Waals surface area contributed by atoms with E-state index in [2.05, 4.69) is 28.1 Å². The Balaban J connectivity index is 1.82. The zero-order chi connectivity index (χ0) is 13.2. The molecule has 0 saturated heterocycles. The van der Waals surface area contributed by atoms with Gasteiger partial charge in [0.2, 0.25) is 0 Å². The zero-order valence-corrected chi connectivity index (χ0v) is 12.0. The van der Waals surface area contributed by atoms with Gasteiger partial charge in [-0.25, -0.2) is 4.98 Å². The minimum Gasteiger partial charge on any atom is -0.347 e. The second-order valence-electron chi connectivity index (χ2n) is 5.09. The van der Waals surface area contributed by atoms with Gasteiger partial charge in [0.15, 0.2) is 5.78 Å². The molecule has 0 bridgehead atoms. The summed E-state index contributed by atoms with van der Waals surface area (Å²) in [5, 5.41) is 3.30.